The van der Waals surface area contributed by atoms with E-state index in [-0.39, 0.29) is 0 Å². The monoisotopic (exact) mass is 267 g/mol. The molecule has 0 aromatic heterocycles. The van der Waals surface area contributed by atoms with Gasteiger partial charge in [0, 0.05) is 32.4 Å². The molecule has 0 aliphatic carbocycles. The smallest absolute Gasteiger partial charge is 0.0444 e. The van der Waals surface area contributed by atoms with Gasteiger partial charge in [-0.15, -0.1) is 0 Å². The van der Waals surface area contributed by atoms with E-state index in [1.165, 1.54) is 16.7 Å². The third-order valence-electron chi connectivity index (χ3n) is 3.23. The zero-order valence-corrected chi connectivity index (χ0v) is 12.9. The lowest BCUT2D eigenvalue weighted by Gasteiger charge is -2.14. The molecular weight excluding hydrogens is 244 g/mol. The van der Waals surface area contributed by atoms with Gasteiger partial charge in [0.15, 0.2) is 0 Å². The Bertz CT molecular complexity index is 559. The number of hydrogen-bond donors (Lipinski definition) is 0. The van der Waals surface area contributed by atoms with Crippen molar-refractivity contribution in [3.63, 3.8) is 0 Å². The van der Waals surface area contributed by atoms with Crippen molar-refractivity contribution in [3.8, 4) is 0 Å². The van der Waals surface area contributed by atoms with Gasteiger partial charge in [-0.25, -0.2) is 0 Å². The van der Waals surface area contributed by atoms with Crippen molar-refractivity contribution in [2.24, 2.45) is 0 Å². The van der Waals surface area contributed by atoms with Gasteiger partial charge in [0.2, 0.25) is 0 Å². The maximum atomic E-state index is 3.25. The van der Waals surface area contributed by atoms with Crippen LogP contribution in [0.25, 0.3) is 0 Å². The summed E-state index contributed by atoms with van der Waals surface area (Å²) in [5.41, 5.74) is 5.18. The van der Waals surface area contributed by atoms with Gasteiger partial charge in [0.1, 0.15) is 0 Å². The zero-order valence-electron chi connectivity index (χ0n) is 12.9. The molecule has 2 nitrogen and oxygen atoms in total. The molecular formula is C18H23N2. The maximum Gasteiger partial charge on any atom is 0.0444 e. The van der Waals surface area contributed by atoms with Crippen LogP contribution in [0, 0.1) is 6.07 Å². The molecule has 0 fully saturated rings. The topological polar surface area (TPSA) is 6.48 Å². The van der Waals surface area contributed by atoms with Gasteiger partial charge >= 0.3 is 0 Å². The van der Waals surface area contributed by atoms with Gasteiger partial charge in [-0.2, -0.15) is 0 Å². The Labute approximate surface area is 122 Å². The Morgan fingerprint density at radius 2 is 1.60 bits per heavy atom. The van der Waals surface area contributed by atoms with Crippen molar-refractivity contribution in [3.05, 3.63) is 65.2 Å². The van der Waals surface area contributed by atoms with Crippen molar-refractivity contribution in [1.29, 1.82) is 0 Å². The maximum absolute atomic E-state index is 3.25. The fourth-order valence-electron chi connectivity index (χ4n) is 2.31. The summed E-state index contributed by atoms with van der Waals surface area (Å²) in [6.45, 7) is 0.985. The fraction of sp³-hybridized carbons (Fsp3) is 0.333. The number of benzene rings is 2. The number of hydrogen-bond acceptors (Lipinski definition) is 2. The lowest BCUT2D eigenvalue weighted by molar-refractivity contribution is 0.402. The normalized spacial score (nSPS) is 10.8. The van der Waals surface area contributed by atoms with Crippen LogP contribution in [0.15, 0.2) is 42.5 Å². The van der Waals surface area contributed by atoms with Crippen molar-refractivity contribution >= 4 is 5.69 Å². The minimum atomic E-state index is 0.969. The highest BCUT2D eigenvalue weighted by Crippen LogP contribution is 2.17. The first kappa shape index (κ1) is 14.6. The van der Waals surface area contributed by atoms with Gasteiger partial charge in [-0.3, -0.25) is 0 Å². The Kier molecular flexibility index (Phi) is 4.80. The molecule has 2 aromatic carbocycles. The van der Waals surface area contributed by atoms with E-state index in [9.17, 15) is 0 Å². The SMILES string of the molecule is CN(C)Cc1cccc(Cc2cc[c]c(N(C)C)c2)c1. The zero-order chi connectivity index (χ0) is 14.5. The van der Waals surface area contributed by atoms with Crippen LogP contribution in [0.4, 0.5) is 5.69 Å². The van der Waals surface area contributed by atoms with E-state index in [0.29, 0.717) is 0 Å². The molecule has 0 bridgehead atoms. The van der Waals surface area contributed by atoms with Crippen LogP contribution in [-0.4, -0.2) is 33.1 Å². The first-order chi connectivity index (χ1) is 9.54. The average molecular weight is 267 g/mol. The Hall–Kier alpha value is -1.80. The quantitative estimate of drug-likeness (QED) is 0.821. The van der Waals surface area contributed by atoms with Gasteiger partial charge < -0.3 is 9.80 Å². The van der Waals surface area contributed by atoms with E-state index in [2.05, 4.69) is 66.4 Å². The van der Waals surface area contributed by atoms with Crippen LogP contribution in [0.5, 0.6) is 0 Å². The molecule has 1 radical (unpaired) electrons. The minimum absolute atomic E-state index is 0.969. The highest BCUT2D eigenvalue weighted by atomic mass is 15.1. The lowest BCUT2D eigenvalue weighted by Crippen LogP contribution is -2.10. The van der Waals surface area contributed by atoms with Crippen molar-refractivity contribution < 1.29 is 0 Å². The third-order valence-corrected chi connectivity index (χ3v) is 3.23. The Balaban J connectivity index is 2.15. The molecule has 0 N–H and O–H groups in total. The minimum Gasteiger partial charge on any atom is -0.377 e. The summed E-state index contributed by atoms with van der Waals surface area (Å²) < 4.78 is 0. The molecule has 0 spiro atoms. The Morgan fingerprint density at radius 1 is 0.900 bits per heavy atom. The molecule has 0 aliphatic heterocycles. The predicted octanol–water partition coefficient (Wildman–Crippen LogP) is 3.21. The second-order valence-electron chi connectivity index (χ2n) is 5.71. The van der Waals surface area contributed by atoms with E-state index in [1.54, 1.807) is 0 Å². The molecule has 0 unspecified atom stereocenters. The van der Waals surface area contributed by atoms with Gasteiger partial charge in [-0.05, 0) is 43.3 Å². The van der Waals surface area contributed by atoms with Gasteiger partial charge in [0.05, 0.1) is 0 Å². The summed E-state index contributed by atoms with van der Waals surface area (Å²) in [4.78, 5) is 4.28. The molecule has 0 saturated carbocycles. The summed E-state index contributed by atoms with van der Waals surface area (Å²) in [7, 11) is 8.30. The van der Waals surface area contributed by atoms with Gasteiger partial charge in [-0.1, -0.05) is 36.4 Å². The first-order valence-electron chi connectivity index (χ1n) is 6.95. The lowest BCUT2D eigenvalue weighted by atomic mass is 10.0. The Morgan fingerprint density at radius 3 is 2.30 bits per heavy atom. The van der Waals surface area contributed by atoms with Crippen molar-refractivity contribution in [2.45, 2.75) is 13.0 Å². The van der Waals surface area contributed by atoms with Crippen LogP contribution in [-0.2, 0) is 13.0 Å². The largest absolute Gasteiger partial charge is 0.377 e. The molecule has 2 rings (SSSR count). The van der Waals surface area contributed by atoms with E-state index in [4.69, 9.17) is 0 Å². The molecule has 0 atom stereocenters. The van der Waals surface area contributed by atoms with Crippen LogP contribution in [0.3, 0.4) is 0 Å². The van der Waals surface area contributed by atoms with Crippen molar-refractivity contribution in [1.82, 2.24) is 4.90 Å². The number of anilines is 1. The van der Waals surface area contributed by atoms with Crippen LogP contribution >= 0.6 is 0 Å². The standard InChI is InChI=1S/C18H23N2/c1-19(2)14-17-9-5-7-15(12-17)11-16-8-6-10-18(13-16)20(3)4/h5-9,12-13H,11,14H2,1-4H3. The highest BCUT2D eigenvalue weighted by molar-refractivity contribution is 5.47. The highest BCUT2D eigenvalue weighted by Gasteiger charge is 2.02. The third kappa shape index (κ3) is 4.10. The number of rotatable bonds is 5. The van der Waals surface area contributed by atoms with Crippen LogP contribution < -0.4 is 4.90 Å². The average Bonchev–Trinajstić information content (AvgIpc) is 2.38. The summed E-state index contributed by atoms with van der Waals surface area (Å²) in [6.07, 6.45) is 0.969. The van der Waals surface area contributed by atoms with E-state index >= 15 is 0 Å². The summed E-state index contributed by atoms with van der Waals surface area (Å²) >= 11 is 0. The number of nitrogens with zero attached hydrogens (tertiary/aromatic N) is 2. The molecule has 0 saturated heterocycles. The molecule has 2 heteroatoms. The van der Waals surface area contributed by atoms with Crippen LogP contribution in [0.2, 0.25) is 0 Å². The van der Waals surface area contributed by atoms with E-state index in [1.807, 2.05) is 20.2 Å². The molecule has 2 aromatic rings. The second kappa shape index (κ2) is 6.58. The van der Waals surface area contributed by atoms with Crippen LogP contribution in [0.1, 0.15) is 16.7 Å². The molecule has 105 valence electrons. The molecule has 20 heavy (non-hydrogen) atoms. The predicted molar refractivity (Wildman–Crippen MR) is 86.2 cm³/mol. The second-order valence-corrected chi connectivity index (χ2v) is 5.71. The summed E-state index contributed by atoms with van der Waals surface area (Å²) in [5, 5.41) is 0. The summed E-state index contributed by atoms with van der Waals surface area (Å²) in [6, 6.07) is 18.4. The van der Waals surface area contributed by atoms with E-state index < -0.39 is 0 Å². The summed E-state index contributed by atoms with van der Waals surface area (Å²) in [5.74, 6) is 0. The molecule has 0 heterocycles. The van der Waals surface area contributed by atoms with Gasteiger partial charge in [0.25, 0.3) is 0 Å². The molecule has 0 amide bonds. The first-order valence-corrected chi connectivity index (χ1v) is 6.95. The van der Waals surface area contributed by atoms with Crippen molar-refractivity contribution in [2.75, 3.05) is 33.1 Å². The molecule has 0 aliphatic rings. The van der Waals surface area contributed by atoms with E-state index in [0.717, 1.165) is 18.7 Å². The fourth-order valence-corrected chi connectivity index (χ4v) is 2.31.